The van der Waals surface area contributed by atoms with Gasteiger partial charge in [-0.1, -0.05) is 12.1 Å². The number of carbonyl (C=O) groups is 2. The zero-order chi connectivity index (χ0) is 17.1. The van der Waals surface area contributed by atoms with E-state index < -0.39 is 11.9 Å². The van der Waals surface area contributed by atoms with Gasteiger partial charge in [0.15, 0.2) is 11.5 Å². The molecular weight excluding hydrogens is 312 g/mol. The van der Waals surface area contributed by atoms with Gasteiger partial charge in [0.25, 0.3) is 0 Å². The maximum absolute atomic E-state index is 11.5. The Hall–Kier alpha value is -3.55. The zero-order valence-electron chi connectivity index (χ0n) is 12.6. The van der Waals surface area contributed by atoms with Gasteiger partial charge in [-0.05, 0) is 30.3 Å². The molecule has 0 aliphatic heterocycles. The fourth-order valence-electron chi connectivity index (χ4n) is 2.14. The molecule has 120 valence electrons. The number of nitrogens with zero attached hydrogens (tertiary/aromatic N) is 4. The molecule has 0 aliphatic carbocycles. The summed E-state index contributed by atoms with van der Waals surface area (Å²) in [4.78, 5) is 26.9. The number of esters is 1. The number of carboxylic acid groups (broad SMARTS) is 1. The number of azo groups is 1. The molecule has 3 aromatic rings. The standard InChI is InChI=1S/C16H12N4O4/c1-24-16(23)10-5-4-6-11(9-10)18-19-14-13(15(21)22)17-12-7-2-3-8-20(12)14/h2-9H,1H3,(H,21,22). The van der Waals surface area contributed by atoms with Crippen LogP contribution < -0.4 is 0 Å². The van der Waals surface area contributed by atoms with Crippen molar-refractivity contribution >= 4 is 29.1 Å². The molecule has 0 unspecified atom stereocenters. The van der Waals surface area contributed by atoms with Gasteiger partial charge >= 0.3 is 11.9 Å². The third-order valence-corrected chi connectivity index (χ3v) is 3.23. The maximum Gasteiger partial charge on any atom is 0.358 e. The summed E-state index contributed by atoms with van der Waals surface area (Å²) in [5.74, 6) is -1.59. The lowest BCUT2D eigenvalue weighted by molar-refractivity contribution is 0.0600. The van der Waals surface area contributed by atoms with Crippen LogP contribution in [0.2, 0.25) is 0 Å². The summed E-state index contributed by atoms with van der Waals surface area (Å²) in [7, 11) is 1.29. The van der Waals surface area contributed by atoms with E-state index in [9.17, 15) is 14.7 Å². The van der Waals surface area contributed by atoms with Crippen LogP contribution in [0.25, 0.3) is 5.65 Å². The Morgan fingerprint density at radius 1 is 1.17 bits per heavy atom. The summed E-state index contributed by atoms with van der Waals surface area (Å²) in [6.07, 6.45) is 1.65. The first-order chi connectivity index (χ1) is 11.6. The molecule has 24 heavy (non-hydrogen) atoms. The number of imidazole rings is 1. The Balaban J connectivity index is 2.03. The smallest absolute Gasteiger partial charge is 0.358 e. The summed E-state index contributed by atoms with van der Waals surface area (Å²) in [6, 6.07) is 11.5. The number of aromatic carboxylic acids is 1. The molecule has 1 N–H and O–H groups in total. The maximum atomic E-state index is 11.5. The van der Waals surface area contributed by atoms with Crippen LogP contribution >= 0.6 is 0 Å². The van der Waals surface area contributed by atoms with Crippen molar-refractivity contribution in [1.82, 2.24) is 9.38 Å². The van der Waals surface area contributed by atoms with Gasteiger partial charge in [-0.25, -0.2) is 14.6 Å². The Morgan fingerprint density at radius 3 is 2.75 bits per heavy atom. The molecule has 0 aliphatic rings. The molecule has 3 rings (SSSR count). The van der Waals surface area contributed by atoms with Crippen LogP contribution in [0.5, 0.6) is 0 Å². The largest absolute Gasteiger partial charge is 0.476 e. The van der Waals surface area contributed by atoms with Crippen LogP contribution in [0.4, 0.5) is 11.5 Å². The Bertz CT molecular complexity index is 962. The number of pyridine rings is 1. The second kappa shape index (κ2) is 6.29. The number of rotatable bonds is 4. The third-order valence-electron chi connectivity index (χ3n) is 3.23. The summed E-state index contributed by atoms with van der Waals surface area (Å²) >= 11 is 0. The van der Waals surface area contributed by atoms with Crippen LogP contribution in [0.3, 0.4) is 0 Å². The van der Waals surface area contributed by atoms with Gasteiger partial charge in [-0.3, -0.25) is 4.40 Å². The first-order valence-corrected chi connectivity index (χ1v) is 6.90. The summed E-state index contributed by atoms with van der Waals surface area (Å²) in [5.41, 5.74) is 0.965. The zero-order valence-corrected chi connectivity index (χ0v) is 12.6. The van der Waals surface area contributed by atoms with Crippen LogP contribution in [0, 0.1) is 0 Å². The van der Waals surface area contributed by atoms with E-state index in [1.165, 1.54) is 17.6 Å². The highest BCUT2D eigenvalue weighted by atomic mass is 16.5. The van der Waals surface area contributed by atoms with Crippen LogP contribution in [-0.4, -0.2) is 33.5 Å². The van der Waals surface area contributed by atoms with Crippen molar-refractivity contribution in [2.45, 2.75) is 0 Å². The SMILES string of the molecule is COC(=O)c1cccc(N=Nc2c(C(=O)O)nc3ccccn23)c1. The number of ether oxygens (including phenoxy) is 1. The minimum atomic E-state index is -1.20. The minimum Gasteiger partial charge on any atom is -0.476 e. The van der Waals surface area contributed by atoms with Crippen LogP contribution in [-0.2, 0) is 4.74 Å². The van der Waals surface area contributed by atoms with E-state index in [1.807, 2.05) is 0 Å². The van der Waals surface area contributed by atoms with Crippen LogP contribution in [0.15, 0.2) is 58.9 Å². The normalized spacial score (nSPS) is 11.0. The number of aromatic nitrogens is 2. The van der Waals surface area contributed by atoms with Crippen molar-refractivity contribution < 1.29 is 19.4 Å². The van der Waals surface area contributed by atoms with Crippen molar-refractivity contribution in [2.75, 3.05) is 7.11 Å². The highest BCUT2D eigenvalue weighted by Crippen LogP contribution is 2.24. The van der Waals surface area contributed by atoms with Gasteiger partial charge < -0.3 is 9.84 Å². The molecule has 8 heteroatoms. The molecule has 2 heterocycles. The Kier molecular flexibility index (Phi) is 4.02. The molecule has 0 bridgehead atoms. The highest BCUT2D eigenvalue weighted by Gasteiger charge is 2.17. The number of methoxy groups -OCH3 is 1. The summed E-state index contributed by atoms with van der Waals surface area (Å²) in [5, 5.41) is 17.3. The second-order valence-corrected chi connectivity index (χ2v) is 4.76. The van der Waals surface area contributed by atoms with Gasteiger partial charge in [0.2, 0.25) is 0 Å². The lowest BCUT2D eigenvalue weighted by atomic mass is 10.2. The van der Waals surface area contributed by atoms with Gasteiger partial charge in [-0.15, -0.1) is 10.2 Å². The van der Waals surface area contributed by atoms with Gasteiger partial charge in [0.05, 0.1) is 18.4 Å². The fourth-order valence-corrected chi connectivity index (χ4v) is 2.14. The first-order valence-electron chi connectivity index (χ1n) is 6.90. The van der Waals surface area contributed by atoms with E-state index in [2.05, 4.69) is 19.9 Å². The number of fused-ring (bicyclic) bond motifs is 1. The van der Waals surface area contributed by atoms with Crippen molar-refractivity contribution in [3.05, 3.63) is 59.9 Å². The molecular formula is C16H12N4O4. The monoisotopic (exact) mass is 324 g/mol. The first kappa shape index (κ1) is 15.3. The molecule has 2 aromatic heterocycles. The highest BCUT2D eigenvalue weighted by molar-refractivity contribution is 5.92. The summed E-state index contributed by atoms with van der Waals surface area (Å²) < 4.78 is 6.17. The average molecular weight is 324 g/mol. The predicted molar refractivity (Wildman–Crippen MR) is 84.1 cm³/mol. The molecule has 0 radical (unpaired) electrons. The molecule has 0 saturated heterocycles. The lowest BCUT2D eigenvalue weighted by Crippen LogP contribution is -1.99. The Labute approximate surface area is 136 Å². The van der Waals surface area contributed by atoms with Crippen molar-refractivity contribution in [2.24, 2.45) is 10.2 Å². The lowest BCUT2D eigenvalue weighted by Gasteiger charge is -1.99. The molecule has 1 aromatic carbocycles. The number of carbonyl (C=O) groups excluding carboxylic acids is 1. The van der Waals surface area contributed by atoms with E-state index in [4.69, 9.17) is 0 Å². The van der Waals surface area contributed by atoms with Crippen molar-refractivity contribution in [1.29, 1.82) is 0 Å². The van der Waals surface area contributed by atoms with E-state index in [1.54, 1.807) is 42.6 Å². The van der Waals surface area contributed by atoms with Crippen molar-refractivity contribution in [3.8, 4) is 0 Å². The third kappa shape index (κ3) is 2.84. The number of benzene rings is 1. The van der Waals surface area contributed by atoms with Crippen LogP contribution in [0.1, 0.15) is 20.8 Å². The van der Waals surface area contributed by atoms with Gasteiger partial charge in [0.1, 0.15) is 5.65 Å². The average Bonchev–Trinajstić information content (AvgIpc) is 2.98. The van der Waals surface area contributed by atoms with Gasteiger partial charge in [0, 0.05) is 6.20 Å². The molecule has 8 nitrogen and oxygen atoms in total. The molecule has 0 fully saturated rings. The fraction of sp³-hybridized carbons (Fsp3) is 0.0625. The van der Waals surface area contributed by atoms with Gasteiger partial charge in [-0.2, -0.15) is 0 Å². The van der Waals surface area contributed by atoms with E-state index in [0.29, 0.717) is 16.9 Å². The molecule has 0 spiro atoms. The summed E-state index contributed by atoms with van der Waals surface area (Å²) in [6.45, 7) is 0. The Morgan fingerprint density at radius 2 is 2.00 bits per heavy atom. The number of hydrogen-bond acceptors (Lipinski definition) is 6. The topological polar surface area (TPSA) is 106 Å². The molecule has 0 atom stereocenters. The minimum absolute atomic E-state index is 0.0987. The number of hydrogen-bond donors (Lipinski definition) is 1. The quantitative estimate of drug-likeness (QED) is 0.586. The van der Waals surface area contributed by atoms with E-state index in [-0.39, 0.29) is 11.5 Å². The predicted octanol–water partition coefficient (Wildman–Crippen LogP) is 3.23. The van der Waals surface area contributed by atoms with E-state index >= 15 is 0 Å². The molecule has 0 saturated carbocycles. The van der Waals surface area contributed by atoms with Crippen molar-refractivity contribution in [3.63, 3.8) is 0 Å². The molecule has 0 amide bonds. The number of carboxylic acids is 1. The van der Waals surface area contributed by atoms with E-state index in [0.717, 1.165) is 0 Å². The second-order valence-electron chi connectivity index (χ2n) is 4.76.